The van der Waals surface area contributed by atoms with E-state index in [1.165, 1.54) is 6.20 Å². The largest absolute Gasteiger partial charge is 0.341 e. The highest BCUT2D eigenvalue weighted by Gasteiger charge is 2.21. The van der Waals surface area contributed by atoms with E-state index in [0.717, 1.165) is 25.2 Å². The van der Waals surface area contributed by atoms with Crippen LogP contribution >= 0.6 is 0 Å². The van der Waals surface area contributed by atoms with E-state index in [0.29, 0.717) is 30.9 Å². The Kier molecular flexibility index (Phi) is 6.40. The predicted octanol–water partition coefficient (Wildman–Crippen LogP) is 1.63. The fourth-order valence-electron chi connectivity index (χ4n) is 3.29. The standard InChI is InChI=1S/C20H24N6O2/c1-2-19(28)25-10-6-9-24(11-12-25)15-18(27)23-20-16(13-21)14-22-26(20)17-7-4-3-5-8-17/h3-5,7-8,14H,2,6,9-12,15H2,1H3,(H,23,27). The van der Waals surface area contributed by atoms with Gasteiger partial charge in [0.1, 0.15) is 11.6 Å². The van der Waals surface area contributed by atoms with Crippen LogP contribution in [-0.2, 0) is 9.59 Å². The van der Waals surface area contributed by atoms with E-state index in [1.807, 2.05) is 47.1 Å². The molecule has 1 aromatic carbocycles. The Labute approximate surface area is 164 Å². The lowest BCUT2D eigenvalue weighted by atomic mass is 10.3. The van der Waals surface area contributed by atoms with Crippen LogP contribution in [-0.4, -0.2) is 64.1 Å². The summed E-state index contributed by atoms with van der Waals surface area (Å²) in [7, 11) is 0. The van der Waals surface area contributed by atoms with Crippen molar-refractivity contribution in [2.24, 2.45) is 0 Å². The maximum absolute atomic E-state index is 12.6. The third-order valence-corrected chi connectivity index (χ3v) is 4.76. The maximum Gasteiger partial charge on any atom is 0.239 e. The van der Waals surface area contributed by atoms with Gasteiger partial charge in [-0.15, -0.1) is 0 Å². The Balaban J connectivity index is 1.66. The van der Waals surface area contributed by atoms with Crippen LogP contribution in [0.15, 0.2) is 36.5 Å². The Hall–Kier alpha value is -3.18. The molecule has 0 unspecified atom stereocenters. The maximum atomic E-state index is 12.6. The number of nitrogens with zero attached hydrogens (tertiary/aromatic N) is 5. The van der Waals surface area contributed by atoms with Crippen molar-refractivity contribution >= 4 is 17.6 Å². The lowest BCUT2D eigenvalue weighted by molar-refractivity contribution is -0.130. The van der Waals surface area contributed by atoms with E-state index in [9.17, 15) is 14.9 Å². The van der Waals surface area contributed by atoms with Gasteiger partial charge in [-0.25, -0.2) is 4.68 Å². The summed E-state index contributed by atoms with van der Waals surface area (Å²) < 4.78 is 1.56. The van der Waals surface area contributed by atoms with Crippen molar-refractivity contribution in [2.45, 2.75) is 19.8 Å². The molecular formula is C20H24N6O2. The van der Waals surface area contributed by atoms with Crippen molar-refractivity contribution in [1.29, 1.82) is 5.26 Å². The Morgan fingerprint density at radius 3 is 2.68 bits per heavy atom. The topological polar surface area (TPSA) is 94.3 Å². The van der Waals surface area contributed by atoms with Gasteiger partial charge in [0.25, 0.3) is 0 Å². The number of para-hydroxylation sites is 1. The van der Waals surface area contributed by atoms with Crippen molar-refractivity contribution in [3.05, 3.63) is 42.1 Å². The number of hydrogen-bond acceptors (Lipinski definition) is 5. The van der Waals surface area contributed by atoms with Gasteiger partial charge in [-0.2, -0.15) is 10.4 Å². The summed E-state index contributed by atoms with van der Waals surface area (Å²) in [6, 6.07) is 11.4. The summed E-state index contributed by atoms with van der Waals surface area (Å²) in [6.45, 7) is 4.84. The molecule has 0 saturated carbocycles. The first-order valence-corrected chi connectivity index (χ1v) is 9.46. The Morgan fingerprint density at radius 1 is 1.18 bits per heavy atom. The van der Waals surface area contributed by atoms with E-state index < -0.39 is 0 Å². The monoisotopic (exact) mass is 380 g/mol. The van der Waals surface area contributed by atoms with Crippen LogP contribution in [0.2, 0.25) is 0 Å². The number of benzene rings is 1. The molecule has 8 heteroatoms. The van der Waals surface area contributed by atoms with Gasteiger partial charge in [-0.1, -0.05) is 25.1 Å². The van der Waals surface area contributed by atoms with Gasteiger partial charge in [-0.05, 0) is 18.6 Å². The van der Waals surface area contributed by atoms with Crippen LogP contribution in [0.5, 0.6) is 0 Å². The molecule has 2 aromatic rings. The molecule has 3 rings (SSSR count). The molecule has 0 spiro atoms. The van der Waals surface area contributed by atoms with Crippen molar-refractivity contribution in [2.75, 3.05) is 38.0 Å². The first-order chi connectivity index (χ1) is 13.6. The molecule has 2 heterocycles. The first kappa shape index (κ1) is 19.6. The highest BCUT2D eigenvalue weighted by molar-refractivity contribution is 5.93. The molecule has 8 nitrogen and oxygen atoms in total. The molecule has 1 fully saturated rings. The fraction of sp³-hybridized carbons (Fsp3) is 0.400. The number of carbonyl (C=O) groups excluding carboxylic acids is 2. The average Bonchev–Trinajstić information content (AvgIpc) is 2.97. The van der Waals surface area contributed by atoms with Gasteiger partial charge in [-0.3, -0.25) is 14.5 Å². The summed E-state index contributed by atoms with van der Waals surface area (Å²) >= 11 is 0. The number of nitriles is 1. The molecule has 0 radical (unpaired) electrons. The van der Waals surface area contributed by atoms with E-state index in [2.05, 4.69) is 16.5 Å². The second kappa shape index (κ2) is 9.15. The van der Waals surface area contributed by atoms with Gasteiger partial charge >= 0.3 is 0 Å². The van der Waals surface area contributed by atoms with E-state index in [1.54, 1.807) is 4.68 Å². The Morgan fingerprint density at radius 2 is 1.96 bits per heavy atom. The van der Waals surface area contributed by atoms with Crippen molar-refractivity contribution in [3.8, 4) is 11.8 Å². The summed E-state index contributed by atoms with van der Waals surface area (Å²) in [4.78, 5) is 28.4. The summed E-state index contributed by atoms with van der Waals surface area (Å²) in [6.07, 6.45) is 2.79. The van der Waals surface area contributed by atoms with Gasteiger partial charge in [0, 0.05) is 32.6 Å². The molecule has 1 aromatic heterocycles. The number of amides is 2. The molecule has 1 aliphatic rings. The van der Waals surface area contributed by atoms with Crippen LogP contribution in [0, 0.1) is 11.3 Å². The third kappa shape index (κ3) is 4.56. The first-order valence-electron chi connectivity index (χ1n) is 9.46. The van der Waals surface area contributed by atoms with Crippen LogP contribution in [0.1, 0.15) is 25.3 Å². The van der Waals surface area contributed by atoms with E-state index >= 15 is 0 Å². The summed E-state index contributed by atoms with van der Waals surface area (Å²) in [5, 5.41) is 16.4. The lowest BCUT2D eigenvalue weighted by Crippen LogP contribution is -2.38. The van der Waals surface area contributed by atoms with Crippen LogP contribution in [0.3, 0.4) is 0 Å². The molecule has 2 amide bonds. The number of carbonyl (C=O) groups is 2. The predicted molar refractivity (Wildman–Crippen MR) is 105 cm³/mol. The molecule has 1 N–H and O–H groups in total. The minimum absolute atomic E-state index is 0.150. The number of aromatic nitrogens is 2. The zero-order valence-electron chi connectivity index (χ0n) is 16.0. The minimum Gasteiger partial charge on any atom is -0.341 e. The lowest BCUT2D eigenvalue weighted by Gasteiger charge is -2.21. The summed E-state index contributed by atoms with van der Waals surface area (Å²) in [5.41, 5.74) is 1.08. The average molecular weight is 380 g/mol. The molecule has 0 atom stereocenters. The SMILES string of the molecule is CCC(=O)N1CCCN(CC(=O)Nc2c(C#N)cnn2-c2ccccc2)CC1. The summed E-state index contributed by atoms with van der Waals surface area (Å²) in [5.74, 6) is 0.317. The van der Waals surface area contributed by atoms with Crippen LogP contribution < -0.4 is 5.32 Å². The second-order valence-electron chi connectivity index (χ2n) is 6.68. The van der Waals surface area contributed by atoms with Crippen molar-refractivity contribution in [1.82, 2.24) is 19.6 Å². The van der Waals surface area contributed by atoms with Gasteiger partial charge in [0.2, 0.25) is 11.8 Å². The van der Waals surface area contributed by atoms with Crippen molar-refractivity contribution in [3.63, 3.8) is 0 Å². The smallest absolute Gasteiger partial charge is 0.239 e. The second-order valence-corrected chi connectivity index (χ2v) is 6.68. The third-order valence-electron chi connectivity index (χ3n) is 4.76. The minimum atomic E-state index is -0.204. The molecule has 28 heavy (non-hydrogen) atoms. The van der Waals surface area contributed by atoms with Crippen LogP contribution in [0.25, 0.3) is 5.69 Å². The highest BCUT2D eigenvalue weighted by atomic mass is 16.2. The molecule has 0 aliphatic carbocycles. The zero-order chi connectivity index (χ0) is 19.9. The number of anilines is 1. The molecule has 0 bridgehead atoms. The molecule has 1 aliphatic heterocycles. The molecule has 146 valence electrons. The quantitative estimate of drug-likeness (QED) is 0.851. The number of hydrogen-bond donors (Lipinski definition) is 1. The normalized spacial score (nSPS) is 14.9. The highest BCUT2D eigenvalue weighted by Crippen LogP contribution is 2.19. The number of nitrogens with one attached hydrogen (secondary N) is 1. The van der Waals surface area contributed by atoms with Gasteiger partial charge < -0.3 is 10.2 Å². The van der Waals surface area contributed by atoms with E-state index in [-0.39, 0.29) is 18.4 Å². The molecular weight excluding hydrogens is 356 g/mol. The van der Waals surface area contributed by atoms with Gasteiger partial charge in [0.05, 0.1) is 18.4 Å². The fourth-order valence-corrected chi connectivity index (χ4v) is 3.29. The zero-order valence-corrected chi connectivity index (χ0v) is 16.0. The number of rotatable bonds is 5. The van der Waals surface area contributed by atoms with E-state index in [4.69, 9.17) is 0 Å². The van der Waals surface area contributed by atoms with Gasteiger partial charge in [0.15, 0.2) is 5.82 Å². The molecule has 1 saturated heterocycles. The Bertz CT molecular complexity index is 871. The van der Waals surface area contributed by atoms with Crippen LogP contribution in [0.4, 0.5) is 5.82 Å². The van der Waals surface area contributed by atoms with Crippen molar-refractivity contribution < 1.29 is 9.59 Å².